The van der Waals surface area contributed by atoms with E-state index in [-0.39, 0.29) is 11.6 Å². The Balaban J connectivity index is 1.94. The largest absolute Gasteiger partial charge is 0.496 e. The third-order valence-electron chi connectivity index (χ3n) is 3.09. The van der Waals surface area contributed by atoms with Crippen LogP contribution in [0.2, 0.25) is 0 Å². The molecule has 0 aliphatic heterocycles. The van der Waals surface area contributed by atoms with Gasteiger partial charge >= 0.3 is 0 Å². The highest BCUT2D eigenvalue weighted by molar-refractivity contribution is 5.92. The number of benzene rings is 1. The molecule has 0 radical (unpaired) electrons. The molecule has 1 amide bonds. The van der Waals surface area contributed by atoms with Crippen molar-refractivity contribution >= 4 is 11.7 Å². The molecular weight excluding hydrogens is 280 g/mol. The van der Waals surface area contributed by atoms with E-state index in [1.54, 1.807) is 19.2 Å². The zero-order valence-electron chi connectivity index (χ0n) is 12.8. The number of anilines is 1. The molecule has 0 saturated carbocycles. The predicted octanol–water partition coefficient (Wildman–Crippen LogP) is 2.24. The summed E-state index contributed by atoms with van der Waals surface area (Å²) in [6, 6.07) is 11.0. The fraction of sp³-hybridized carbons (Fsp3) is 0.312. The molecule has 0 spiro atoms. The average molecular weight is 300 g/mol. The van der Waals surface area contributed by atoms with Crippen LogP contribution in [-0.2, 0) is 6.54 Å². The Bertz CT molecular complexity index is 614. The van der Waals surface area contributed by atoms with Crippen molar-refractivity contribution < 1.29 is 9.53 Å². The number of hydrogen-bond donors (Lipinski definition) is 2. The second-order valence-corrected chi connectivity index (χ2v) is 4.73. The number of hydrogen-bond acceptors (Lipinski definition) is 5. The molecule has 1 aromatic heterocycles. The number of aromatic nitrogens is 2. The van der Waals surface area contributed by atoms with E-state index in [1.165, 1.54) is 0 Å². The van der Waals surface area contributed by atoms with Crippen molar-refractivity contribution in [2.75, 3.05) is 19.0 Å². The van der Waals surface area contributed by atoms with Gasteiger partial charge in [-0.1, -0.05) is 25.1 Å². The molecule has 2 N–H and O–H groups in total. The van der Waals surface area contributed by atoms with Crippen LogP contribution in [0.15, 0.2) is 36.4 Å². The molecule has 0 bridgehead atoms. The second-order valence-electron chi connectivity index (χ2n) is 4.73. The summed E-state index contributed by atoms with van der Waals surface area (Å²) >= 11 is 0. The van der Waals surface area contributed by atoms with Gasteiger partial charge in [-0.2, -0.15) is 0 Å². The molecule has 0 fully saturated rings. The van der Waals surface area contributed by atoms with Crippen LogP contribution in [0.1, 0.15) is 29.4 Å². The molecule has 0 atom stereocenters. The Morgan fingerprint density at radius 3 is 2.68 bits per heavy atom. The number of ether oxygens (including phenoxy) is 1. The number of methoxy groups -OCH3 is 1. The first-order chi connectivity index (χ1) is 10.7. The van der Waals surface area contributed by atoms with Crippen molar-refractivity contribution in [2.45, 2.75) is 19.9 Å². The Labute approximate surface area is 129 Å². The molecule has 6 nitrogen and oxygen atoms in total. The van der Waals surface area contributed by atoms with Gasteiger partial charge < -0.3 is 15.4 Å². The maximum absolute atomic E-state index is 12.1. The summed E-state index contributed by atoms with van der Waals surface area (Å²) in [6.07, 6.45) is 1.00. The van der Waals surface area contributed by atoms with Crippen LogP contribution in [0, 0.1) is 0 Å². The normalized spacial score (nSPS) is 10.1. The highest BCUT2D eigenvalue weighted by Gasteiger charge is 2.09. The van der Waals surface area contributed by atoms with Gasteiger partial charge in [-0.3, -0.25) is 4.79 Å². The van der Waals surface area contributed by atoms with E-state index in [9.17, 15) is 4.79 Å². The number of para-hydroxylation sites is 1. The van der Waals surface area contributed by atoms with Crippen molar-refractivity contribution in [1.82, 2.24) is 15.5 Å². The average Bonchev–Trinajstić information content (AvgIpc) is 2.58. The molecule has 2 rings (SSSR count). The van der Waals surface area contributed by atoms with Gasteiger partial charge in [0.2, 0.25) is 0 Å². The lowest BCUT2D eigenvalue weighted by Gasteiger charge is -2.09. The Morgan fingerprint density at radius 1 is 1.18 bits per heavy atom. The van der Waals surface area contributed by atoms with E-state index in [0.29, 0.717) is 12.4 Å². The van der Waals surface area contributed by atoms with Crippen LogP contribution >= 0.6 is 0 Å². The Morgan fingerprint density at radius 2 is 2.00 bits per heavy atom. The minimum absolute atomic E-state index is 0.263. The number of amides is 1. The van der Waals surface area contributed by atoms with Gasteiger partial charge in [0.1, 0.15) is 11.6 Å². The smallest absolute Gasteiger partial charge is 0.272 e. The van der Waals surface area contributed by atoms with Crippen LogP contribution in [-0.4, -0.2) is 29.8 Å². The Kier molecular flexibility index (Phi) is 5.71. The third kappa shape index (κ3) is 4.18. The molecule has 0 aliphatic carbocycles. The van der Waals surface area contributed by atoms with E-state index in [1.807, 2.05) is 24.3 Å². The van der Waals surface area contributed by atoms with Crippen LogP contribution in [0.25, 0.3) is 0 Å². The quantitative estimate of drug-likeness (QED) is 0.820. The first-order valence-electron chi connectivity index (χ1n) is 7.22. The summed E-state index contributed by atoms with van der Waals surface area (Å²) in [7, 11) is 1.61. The first kappa shape index (κ1) is 15.8. The molecule has 22 heavy (non-hydrogen) atoms. The SMILES string of the molecule is CCCNc1ccc(C(=O)NCc2ccccc2OC)nn1. The van der Waals surface area contributed by atoms with Crippen LogP contribution in [0.4, 0.5) is 5.82 Å². The molecular formula is C16H20N4O2. The lowest BCUT2D eigenvalue weighted by atomic mass is 10.2. The van der Waals surface area contributed by atoms with E-state index in [4.69, 9.17) is 4.74 Å². The lowest BCUT2D eigenvalue weighted by Crippen LogP contribution is -2.24. The highest BCUT2D eigenvalue weighted by atomic mass is 16.5. The second kappa shape index (κ2) is 7.97. The predicted molar refractivity (Wildman–Crippen MR) is 85.0 cm³/mol. The van der Waals surface area contributed by atoms with Gasteiger partial charge in [0.05, 0.1) is 7.11 Å². The monoisotopic (exact) mass is 300 g/mol. The molecule has 6 heteroatoms. The zero-order valence-corrected chi connectivity index (χ0v) is 12.8. The summed E-state index contributed by atoms with van der Waals surface area (Å²) in [5, 5.41) is 13.8. The van der Waals surface area contributed by atoms with Crippen molar-refractivity contribution in [3.05, 3.63) is 47.7 Å². The van der Waals surface area contributed by atoms with Gasteiger partial charge in [0, 0.05) is 18.7 Å². The van der Waals surface area contributed by atoms with Gasteiger partial charge in [-0.15, -0.1) is 10.2 Å². The van der Waals surface area contributed by atoms with E-state index < -0.39 is 0 Å². The van der Waals surface area contributed by atoms with Gasteiger partial charge in [0.25, 0.3) is 5.91 Å². The minimum atomic E-state index is -0.263. The molecule has 0 unspecified atom stereocenters. The molecule has 1 heterocycles. The summed E-state index contributed by atoms with van der Waals surface area (Å²) in [5.41, 5.74) is 1.20. The Hall–Kier alpha value is -2.63. The fourth-order valence-corrected chi connectivity index (χ4v) is 1.92. The van der Waals surface area contributed by atoms with E-state index >= 15 is 0 Å². The standard InChI is InChI=1S/C16H20N4O2/c1-3-10-17-15-9-8-13(19-20-15)16(21)18-11-12-6-4-5-7-14(12)22-2/h4-9H,3,10-11H2,1-2H3,(H,17,20)(H,18,21). The van der Waals surface area contributed by atoms with Crippen molar-refractivity contribution in [1.29, 1.82) is 0 Å². The summed E-state index contributed by atoms with van der Waals surface area (Å²) in [5.74, 6) is 1.15. The number of carbonyl (C=O) groups is 1. The van der Waals surface area contributed by atoms with Gasteiger partial charge in [-0.05, 0) is 24.6 Å². The van der Waals surface area contributed by atoms with Gasteiger partial charge in [0.15, 0.2) is 5.69 Å². The highest BCUT2D eigenvalue weighted by Crippen LogP contribution is 2.16. The lowest BCUT2D eigenvalue weighted by molar-refractivity contribution is 0.0944. The summed E-state index contributed by atoms with van der Waals surface area (Å²) < 4.78 is 5.25. The molecule has 1 aromatic carbocycles. The van der Waals surface area contributed by atoms with Gasteiger partial charge in [-0.25, -0.2) is 0 Å². The molecule has 0 aliphatic rings. The molecule has 0 saturated heterocycles. The maximum Gasteiger partial charge on any atom is 0.272 e. The fourth-order valence-electron chi connectivity index (χ4n) is 1.92. The minimum Gasteiger partial charge on any atom is -0.496 e. The third-order valence-corrected chi connectivity index (χ3v) is 3.09. The maximum atomic E-state index is 12.1. The molecule has 2 aromatic rings. The molecule has 116 valence electrons. The summed E-state index contributed by atoms with van der Waals surface area (Å²) in [4.78, 5) is 12.1. The van der Waals surface area contributed by atoms with Crippen molar-refractivity contribution in [3.63, 3.8) is 0 Å². The number of nitrogens with one attached hydrogen (secondary N) is 2. The van der Waals surface area contributed by atoms with Crippen molar-refractivity contribution in [2.24, 2.45) is 0 Å². The number of rotatable bonds is 7. The van der Waals surface area contributed by atoms with Crippen LogP contribution < -0.4 is 15.4 Å². The van der Waals surface area contributed by atoms with Crippen LogP contribution in [0.3, 0.4) is 0 Å². The topological polar surface area (TPSA) is 76.1 Å². The summed E-state index contributed by atoms with van der Waals surface area (Å²) in [6.45, 7) is 3.27. The zero-order chi connectivity index (χ0) is 15.8. The van der Waals surface area contributed by atoms with E-state index in [2.05, 4.69) is 27.8 Å². The first-order valence-corrected chi connectivity index (χ1v) is 7.22. The van der Waals surface area contributed by atoms with Crippen LogP contribution in [0.5, 0.6) is 5.75 Å². The number of carbonyl (C=O) groups excluding carboxylic acids is 1. The van der Waals surface area contributed by atoms with Crippen molar-refractivity contribution in [3.8, 4) is 5.75 Å². The van der Waals surface area contributed by atoms with E-state index in [0.717, 1.165) is 24.3 Å². The number of nitrogens with zero attached hydrogens (tertiary/aromatic N) is 2.